The maximum atomic E-state index is 13.0. The van der Waals surface area contributed by atoms with Crippen molar-refractivity contribution >= 4 is 5.91 Å². The number of amides is 1. The summed E-state index contributed by atoms with van der Waals surface area (Å²) in [6, 6.07) is 6.36. The number of carbonyl (C=O) groups excluding carboxylic acids is 1. The summed E-state index contributed by atoms with van der Waals surface area (Å²) in [5.74, 6) is -0.267. The Kier molecular flexibility index (Phi) is 5.63. The molecule has 3 nitrogen and oxygen atoms in total. The molecule has 1 rings (SSSR count). The van der Waals surface area contributed by atoms with Gasteiger partial charge in [0.2, 0.25) is 5.91 Å². The first-order chi connectivity index (χ1) is 8.13. The Balaban J connectivity index is 2.43. The van der Waals surface area contributed by atoms with Crippen LogP contribution >= 0.6 is 0 Å². The molecular formula is C13H19FN2O. The largest absolute Gasteiger partial charge is 0.356 e. The zero-order valence-corrected chi connectivity index (χ0v) is 10.1. The third-order valence-electron chi connectivity index (χ3n) is 2.61. The first kappa shape index (κ1) is 13.6. The van der Waals surface area contributed by atoms with E-state index in [-0.39, 0.29) is 17.6 Å². The molecular weight excluding hydrogens is 219 g/mol. The van der Waals surface area contributed by atoms with Gasteiger partial charge in [-0.05, 0) is 36.6 Å². The average Bonchev–Trinajstić information content (AvgIpc) is 2.29. The predicted octanol–water partition coefficient (Wildman–Crippen LogP) is 1.78. The van der Waals surface area contributed by atoms with Crippen molar-refractivity contribution in [3.8, 4) is 0 Å². The lowest BCUT2D eigenvalue weighted by Gasteiger charge is -2.12. The molecule has 0 aliphatic rings. The summed E-state index contributed by atoms with van der Waals surface area (Å²) in [4.78, 5) is 11.5. The van der Waals surface area contributed by atoms with Gasteiger partial charge in [-0.2, -0.15) is 0 Å². The fourth-order valence-electron chi connectivity index (χ4n) is 1.61. The normalized spacial score (nSPS) is 12.2. The quantitative estimate of drug-likeness (QED) is 0.742. The zero-order chi connectivity index (χ0) is 12.7. The molecule has 4 heteroatoms. The van der Waals surface area contributed by atoms with Gasteiger partial charge in [-0.3, -0.25) is 4.79 Å². The number of carbonyl (C=O) groups is 1. The van der Waals surface area contributed by atoms with Crippen molar-refractivity contribution in [3.05, 3.63) is 35.6 Å². The first-order valence-corrected chi connectivity index (χ1v) is 5.85. The highest BCUT2D eigenvalue weighted by Crippen LogP contribution is 2.19. The molecule has 1 aromatic rings. The Bertz CT molecular complexity index is 368. The minimum absolute atomic E-state index is 0.0172. The molecule has 0 aliphatic carbocycles. The molecule has 0 aliphatic heterocycles. The van der Waals surface area contributed by atoms with Crippen LogP contribution in [0.2, 0.25) is 0 Å². The van der Waals surface area contributed by atoms with Gasteiger partial charge in [-0.25, -0.2) is 4.39 Å². The van der Waals surface area contributed by atoms with Crippen LogP contribution in [0, 0.1) is 5.82 Å². The van der Waals surface area contributed by atoms with Gasteiger partial charge < -0.3 is 11.1 Å². The first-order valence-electron chi connectivity index (χ1n) is 5.85. The Morgan fingerprint density at radius 1 is 1.53 bits per heavy atom. The number of nitrogens with two attached hydrogens (primary N) is 1. The molecule has 1 amide bonds. The van der Waals surface area contributed by atoms with Gasteiger partial charge in [-0.1, -0.05) is 19.1 Å². The number of hydrogen-bond acceptors (Lipinski definition) is 2. The summed E-state index contributed by atoms with van der Waals surface area (Å²) in [6.45, 7) is 3.09. The fourth-order valence-corrected chi connectivity index (χ4v) is 1.61. The summed E-state index contributed by atoms with van der Waals surface area (Å²) >= 11 is 0. The van der Waals surface area contributed by atoms with E-state index in [1.807, 2.05) is 13.0 Å². The van der Waals surface area contributed by atoms with Gasteiger partial charge in [0.05, 0.1) is 0 Å². The van der Waals surface area contributed by atoms with Crippen LogP contribution in [0.25, 0.3) is 0 Å². The molecule has 0 spiro atoms. The molecule has 0 saturated carbocycles. The second kappa shape index (κ2) is 7.01. The van der Waals surface area contributed by atoms with Crippen molar-refractivity contribution in [2.45, 2.75) is 25.7 Å². The van der Waals surface area contributed by atoms with E-state index in [1.165, 1.54) is 12.1 Å². The zero-order valence-electron chi connectivity index (χ0n) is 10.1. The SMILES string of the molecule is CC(CC(=O)NCCCN)c1cccc(F)c1. The van der Waals surface area contributed by atoms with E-state index in [0.717, 1.165) is 12.0 Å². The van der Waals surface area contributed by atoms with Crippen molar-refractivity contribution in [1.82, 2.24) is 5.32 Å². The molecule has 17 heavy (non-hydrogen) atoms. The lowest BCUT2D eigenvalue weighted by atomic mass is 9.97. The number of nitrogens with one attached hydrogen (secondary N) is 1. The molecule has 0 radical (unpaired) electrons. The van der Waals surface area contributed by atoms with Crippen LogP contribution in [0.5, 0.6) is 0 Å². The maximum Gasteiger partial charge on any atom is 0.220 e. The van der Waals surface area contributed by atoms with E-state index < -0.39 is 0 Å². The van der Waals surface area contributed by atoms with Gasteiger partial charge in [-0.15, -0.1) is 0 Å². The minimum Gasteiger partial charge on any atom is -0.356 e. The van der Waals surface area contributed by atoms with Crippen LogP contribution < -0.4 is 11.1 Å². The van der Waals surface area contributed by atoms with E-state index in [2.05, 4.69) is 5.32 Å². The third-order valence-corrected chi connectivity index (χ3v) is 2.61. The van der Waals surface area contributed by atoms with Gasteiger partial charge in [0, 0.05) is 13.0 Å². The molecule has 94 valence electrons. The second-order valence-electron chi connectivity index (χ2n) is 4.15. The Hall–Kier alpha value is -1.42. The van der Waals surface area contributed by atoms with Crippen molar-refractivity contribution in [2.75, 3.05) is 13.1 Å². The van der Waals surface area contributed by atoms with Crippen LogP contribution in [0.4, 0.5) is 4.39 Å². The molecule has 1 unspecified atom stereocenters. The fraction of sp³-hybridized carbons (Fsp3) is 0.462. The van der Waals surface area contributed by atoms with Crippen LogP contribution in [0.15, 0.2) is 24.3 Å². The molecule has 0 bridgehead atoms. The summed E-state index contributed by atoms with van der Waals surface area (Å²) in [5, 5.41) is 2.79. The van der Waals surface area contributed by atoms with Gasteiger partial charge in [0.25, 0.3) is 0 Å². The van der Waals surface area contributed by atoms with E-state index in [0.29, 0.717) is 19.5 Å². The molecule has 0 fully saturated rings. The Morgan fingerprint density at radius 2 is 2.29 bits per heavy atom. The summed E-state index contributed by atoms with van der Waals surface area (Å²) in [7, 11) is 0. The van der Waals surface area contributed by atoms with Gasteiger partial charge >= 0.3 is 0 Å². The van der Waals surface area contributed by atoms with Crippen molar-refractivity contribution < 1.29 is 9.18 Å². The van der Waals surface area contributed by atoms with Crippen molar-refractivity contribution in [1.29, 1.82) is 0 Å². The average molecular weight is 238 g/mol. The van der Waals surface area contributed by atoms with Gasteiger partial charge in [0.15, 0.2) is 0 Å². The predicted molar refractivity (Wildman–Crippen MR) is 66.1 cm³/mol. The monoisotopic (exact) mass is 238 g/mol. The molecule has 0 heterocycles. The van der Waals surface area contributed by atoms with Crippen molar-refractivity contribution in [3.63, 3.8) is 0 Å². The molecule has 1 atom stereocenters. The topological polar surface area (TPSA) is 55.1 Å². The molecule has 0 aromatic heterocycles. The highest BCUT2D eigenvalue weighted by molar-refractivity contribution is 5.76. The molecule has 3 N–H and O–H groups in total. The lowest BCUT2D eigenvalue weighted by Crippen LogP contribution is -2.26. The van der Waals surface area contributed by atoms with E-state index >= 15 is 0 Å². The molecule has 0 saturated heterocycles. The Labute approximate surface area is 101 Å². The van der Waals surface area contributed by atoms with Crippen LogP contribution in [-0.2, 0) is 4.79 Å². The smallest absolute Gasteiger partial charge is 0.220 e. The van der Waals surface area contributed by atoms with Crippen LogP contribution in [0.1, 0.15) is 31.2 Å². The van der Waals surface area contributed by atoms with Gasteiger partial charge in [0.1, 0.15) is 5.82 Å². The van der Waals surface area contributed by atoms with E-state index in [4.69, 9.17) is 5.73 Å². The number of rotatable bonds is 6. The summed E-state index contributed by atoms with van der Waals surface area (Å²) < 4.78 is 13.0. The minimum atomic E-state index is -0.266. The number of halogens is 1. The summed E-state index contributed by atoms with van der Waals surface area (Å²) in [6.07, 6.45) is 1.15. The standard InChI is InChI=1S/C13H19FN2O/c1-10(8-13(17)16-7-3-6-15)11-4-2-5-12(14)9-11/h2,4-5,9-10H,3,6-8,15H2,1H3,(H,16,17). The lowest BCUT2D eigenvalue weighted by molar-refractivity contribution is -0.121. The number of hydrogen-bond donors (Lipinski definition) is 2. The van der Waals surface area contributed by atoms with E-state index in [1.54, 1.807) is 6.07 Å². The highest BCUT2D eigenvalue weighted by Gasteiger charge is 2.11. The third kappa shape index (κ3) is 4.95. The molecule has 1 aromatic carbocycles. The van der Waals surface area contributed by atoms with Crippen molar-refractivity contribution in [2.24, 2.45) is 5.73 Å². The second-order valence-corrected chi connectivity index (χ2v) is 4.15. The van der Waals surface area contributed by atoms with Crippen LogP contribution in [0.3, 0.4) is 0 Å². The summed E-state index contributed by atoms with van der Waals surface area (Å²) in [5.41, 5.74) is 6.18. The highest BCUT2D eigenvalue weighted by atomic mass is 19.1. The van der Waals surface area contributed by atoms with Crippen LogP contribution in [-0.4, -0.2) is 19.0 Å². The Morgan fingerprint density at radius 3 is 2.94 bits per heavy atom. The maximum absolute atomic E-state index is 13.0. The number of benzene rings is 1. The van der Waals surface area contributed by atoms with E-state index in [9.17, 15) is 9.18 Å².